The van der Waals surface area contributed by atoms with E-state index in [0.29, 0.717) is 0 Å². The highest BCUT2D eigenvalue weighted by Gasteiger charge is 2.30. The Hall–Kier alpha value is -2.12. The first kappa shape index (κ1) is 12.0. The SMILES string of the molecule is COc1n[nH]c(C(=O)NC(C)C)c1[N+](=O)[O-]. The molecular weight excluding hydrogens is 216 g/mol. The molecule has 16 heavy (non-hydrogen) atoms. The van der Waals surface area contributed by atoms with Gasteiger partial charge >= 0.3 is 11.6 Å². The Kier molecular flexibility index (Phi) is 3.44. The van der Waals surface area contributed by atoms with E-state index in [2.05, 4.69) is 20.3 Å². The summed E-state index contributed by atoms with van der Waals surface area (Å²) in [6, 6.07) is -0.124. The van der Waals surface area contributed by atoms with Crippen molar-refractivity contribution in [3.05, 3.63) is 15.8 Å². The smallest absolute Gasteiger partial charge is 0.362 e. The molecule has 1 aromatic heterocycles. The lowest BCUT2D eigenvalue weighted by molar-refractivity contribution is -0.386. The fraction of sp³-hybridized carbons (Fsp3) is 0.500. The van der Waals surface area contributed by atoms with Crippen molar-refractivity contribution in [1.29, 1.82) is 0 Å². The Balaban J connectivity index is 3.09. The lowest BCUT2D eigenvalue weighted by atomic mass is 10.3. The standard InChI is InChI=1S/C8H12N4O4/c1-4(2)9-7(13)5-6(12(14)15)8(16-3)11-10-5/h4H,1-3H3,(H,9,13)(H,10,11). The molecule has 0 spiro atoms. The first-order valence-electron chi connectivity index (χ1n) is 4.55. The molecule has 0 unspecified atom stereocenters. The summed E-state index contributed by atoms with van der Waals surface area (Å²) in [5.74, 6) is -0.795. The summed E-state index contributed by atoms with van der Waals surface area (Å²) in [7, 11) is 1.24. The monoisotopic (exact) mass is 228 g/mol. The molecule has 2 N–H and O–H groups in total. The van der Waals surface area contributed by atoms with Crippen LogP contribution in [0.3, 0.4) is 0 Å². The molecule has 88 valence electrons. The van der Waals surface area contributed by atoms with Crippen molar-refractivity contribution in [2.24, 2.45) is 0 Å². The van der Waals surface area contributed by atoms with Crippen molar-refractivity contribution >= 4 is 11.6 Å². The molecule has 0 aliphatic rings. The number of carbonyl (C=O) groups is 1. The van der Waals surface area contributed by atoms with Gasteiger partial charge in [0.25, 0.3) is 5.91 Å². The zero-order valence-corrected chi connectivity index (χ0v) is 9.10. The molecule has 0 saturated carbocycles. The van der Waals surface area contributed by atoms with Crippen LogP contribution < -0.4 is 10.1 Å². The summed E-state index contributed by atoms with van der Waals surface area (Å²) in [6.07, 6.45) is 0. The number of aromatic amines is 1. The maximum atomic E-state index is 11.6. The van der Waals surface area contributed by atoms with Crippen LogP contribution in [-0.4, -0.2) is 34.2 Å². The Labute approximate surface area is 91.1 Å². The molecule has 0 bridgehead atoms. The predicted octanol–water partition coefficient (Wildman–Crippen LogP) is 0.465. The zero-order valence-electron chi connectivity index (χ0n) is 9.10. The van der Waals surface area contributed by atoms with Gasteiger partial charge in [-0.05, 0) is 13.8 Å². The van der Waals surface area contributed by atoms with Gasteiger partial charge in [0.1, 0.15) is 0 Å². The number of methoxy groups -OCH3 is 1. The number of H-pyrrole nitrogens is 1. The second kappa shape index (κ2) is 4.60. The van der Waals surface area contributed by atoms with E-state index in [1.807, 2.05) is 0 Å². The summed E-state index contributed by atoms with van der Waals surface area (Å²) in [5.41, 5.74) is -0.670. The summed E-state index contributed by atoms with van der Waals surface area (Å²) >= 11 is 0. The lowest BCUT2D eigenvalue weighted by Crippen LogP contribution is -2.30. The van der Waals surface area contributed by atoms with Gasteiger partial charge in [0.2, 0.25) is 5.69 Å². The van der Waals surface area contributed by atoms with Crippen LogP contribution in [0.4, 0.5) is 5.69 Å². The topological polar surface area (TPSA) is 110 Å². The average molecular weight is 228 g/mol. The van der Waals surface area contributed by atoms with Crippen LogP contribution in [0.5, 0.6) is 5.88 Å². The predicted molar refractivity (Wildman–Crippen MR) is 54.4 cm³/mol. The first-order valence-corrected chi connectivity index (χ1v) is 4.55. The molecule has 0 aromatic carbocycles. The highest BCUT2D eigenvalue weighted by Crippen LogP contribution is 2.27. The highest BCUT2D eigenvalue weighted by molar-refractivity contribution is 5.97. The van der Waals surface area contributed by atoms with Crippen LogP contribution >= 0.6 is 0 Å². The van der Waals surface area contributed by atoms with Crippen LogP contribution in [0.25, 0.3) is 0 Å². The summed E-state index contributed by atoms with van der Waals surface area (Å²) < 4.78 is 4.68. The number of nitrogens with zero attached hydrogens (tertiary/aromatic N) is 2. The van der Waals surface area contributed by atoms with Crippen LogP contribution in [0, 0.1) is 10.1 Å². The summed E-state index contributed by atoms with van der Waals surface area (Å²) in [6.45, 7) is 3.49. The molecule has 0 saturated heterocycles. The Bertz CT molecular complexity index is 412. The summed E-state index contributed by atoms with van der Waals surface area (Å²) in [4.78, 5) is 21.6. The third-order valence-electron chi connectivity index (χ3n) is 1.73. The van der Waals surface area contributed by atoms with Gasteiger partial charge in [-0.3, -0.25) is 20.0 Å². The van der Waals surface area contributed by atoms with E-state index in [-0.39, 0.29) is 17.6 Å². The molecule has 1 amide bonds. The largest absolute Gasteiger partial charge is 0.475 e. The van der Waals surface area contributed by atoms with Gasteiger partial charge in [-0.1, -0.05) is 0 Å². The van der Waals surface area contributed by atoms with E-state index in [9.17, 15) is 14.9 Å². The number of nitrogens with one attached hydrogen (secondary N) is 2. The van der Waals surface area contributed by atoms with E-state index in [1.54, 1.807) is 13.8 Å². The van der Waals surface area contributed by atoms with E-state index in [1.165, 1.54) is 7.11 Å². The molecule has 8 nitrogen and oxygen atoms in total. The first-order chi connectivity index (χ1) is 7.47. The molecule has 1 rings (SSSR count). The summed E-state index contributed by atoms with van der Waals surface area (Å²) in [5, 5.41) is 19.1. The molecule has 1 aromatic rings. The van der Waals surface area contributed by atoms with Crippen molar-refractivity contribution in [2.75, 3.05) is 7.11 Å². The van der Waals surface area contributed by atoms with Gasteiger partial charge < -0.3 is 10.1 Å². The molecule has 0 atom stereocenters. The molecular formula is C8H12N4O4. The highest BCUT2D eigenvalue weighted by atomic mass is 16.6. The fourth-order valence-electron chi connectivity index (χ4n) is 1.12. The third-order valence-corrected chi connectivity index (χ3v) is 1.73. The minimum atomic E-state index is -0.711. The van der Waals surface area contributed by atoms with Crippen LogP contribution in [0.1, 0.15) is 24.3 Å². The molecule has 1 heterocycles. The number of nitro groups is 1. The number of aromatic nitrogens is 2. The average Bonchev–Trinajstić information content (AvgIpc) is 2.59. The molecule has 0 aliphatic carbocycles. The number of amides is 1. The minimum Gasteiger partial charge on any atom is -0.475 e. The van der Waals surface area contributed by atoms with Crippen molar-refractivity contribution in [3.8, 4) is 5.88 Å². The van der Waals surface area contributed by atoms with Gasteiger partial charge in [0, 0.05) is 6.04 Å². The zero-order chi connectivity index (χ0) is 12.3. The maximum absolute atomic E-state index is 11.6. The van der Waals surface area contributed by atoms with Gasteiger partial charge in [-0.25, -0.2) is 0 Å². The Morgan fingerprint density at radius 2 is 2.25 bits per heavy atom. The van der Waals surface area contributed by atoms with Crippen LogP contribution in [-0.2, 0) is 0 Å². The number of ether oxygens (including phenoxy) is 1. The normalized spacial score (nSPS) is 10.2. The van der Waals surface area contributed by atoms with E-state index >= 15 is 0 Å². The number of carbonyl (C=O) groups excluding carboxylic acids is 1. The van der Waals surface area contributed by atoms with Crippen molar-refractivity contribution in [3.63, 3.8) is 0 Å². The third kappa shape index (κ3) is 2.27. The van der Waals surface area contributed by atoms with E-state index in [0.717, 1.165) is 0 Å². The molecule has 0 fully saturated rings. The van der Waals surface area contributed by atoms with Gasteiger partial charge in [0.15, 0.2) is 0 Å². The van der Waals surface area contributed by atoms with Crippen molar-refractivity contribution in [1.82, 2.24) is 15.5 Å². The molecule has 0 aliphatic heterocycles. The van der Waals surface area contributed by atoms with E-state index in [4.69, 9.17) is 0 Å². The lowest BCUT2D eigenvalue weighted by Gasteiger charge is -2.05. The quantitative estimate of drug-likeness (QED) is 0.574. The molecule has 0 radical (unpaired) electrons. The second-order valence-electron chi connectivity index (χ2n) is 3.34. The van der Waals surface area contributed by atoms with Gasteiger partial charge in [-0.15, -0.1) is 5.10 Å². The van der Waals surface area contributed by atoms with Gasteiger partial charge in [-0.2, -0.15) is 0 Å². The second-order valence-corrected chi connectivity index (χ2v) is 3.34. The number of hydrogen-bond donors (Lipinski definition) is 2. The Morgan fingerprint density at radius 3 is 2.69 bits per heavy atom. The van der Waals surface area contributed by atoms with Crippen LogP contribution in [0.2, 0.25) is 0 Å². The minimum absolute atomic E-state index is 0.124. The van der Waals surface area contributed by atoms with Crippen molar-refractivity contribution < 1.29 is 14.5 Å². The van der Waals surface area contributed by atoms with Crippen LogP contribution in [0.15, 0.2) is 0 Å². The number of rotatable bonds is 4. The molecule has 8 heteroatoms. The maximum Gasteiger partial charge on any atom is 0.362 e. The number of hydrogen-bond acceptors (Lipinski definition) is 5. The van der Waals surface area contributed by atoms with E-state index < -0.39 is 16.5 Å². The Morgan fingerprint density at radius 1 is 1.62 bits per heavy atom. The fourth-order valence-corrected chi connectivity index (χ4v) is 1.12. The van der Waals surface area contributed by atoms with Crippen molar-refractivity contribution in [2.45, 2.75) is 19.9 Å². The van der Waals surface area contributed by atoms with Gasteiger partial charge in [0.05, 0.1) is 12.0 Å².